The van der Waals surface area contributed by atoms with Crippen LogP contribution in [0.25, 0.3) is 6.08 Å². The van der Waals surface area contributed by atoms with Crippen molar-refractivity contribution in [3.63, 3.8) is 0 Å². The topological polar surface area (TPSA) is 75.3 Å². The number of amides is 1. The van der Waals surface area contributed by atoms with Crippen LogP contribution in [0, 0.1) is 0 Å². The van der Waals surface area contributed by atoms with E-state index < -0.39 is 10.0 Å². The van der Waals surface area contributed by atoms with Gasteiger partial charge in [-0.05, 0) is 66.6 Å². The summed E-state index contributed by atoms with van der Waals surface area (Å²) in [5.74, 6) is -0.196. The van der Waals surface area contributed by atoms with Gasteiger partial charge in [-0.3, -0.25) is 4.79 Å². The molecule has 0 atom stereocenters. The van der Waals surface area contributed by atoms with Gasteiger partial charge in [0.25, 0.3) is 0 Å². The first-order chi connectivity index (χ1) is 13.0. The van der Waals surface area contributed by atoms with Crippen LogP contribution in [0.2, 0.25) is 0 Å². The molecule has 1 amide bonds. The lowest BCUT2D eigenvalue weighted by Crippen LogP contribution is -2.22. The summed E-state index contributed by atoms with van der Waals surface area (Å²) >= 11 is 0. The van der Waals surface area contributed by atoms with Crippen LogP contribution < -0.4 is 10.0 Å². The molecule has 0 unspecified atom stereocenters. The van der Waals surface area contributed by atoms with Crippen LogP contribution in [0.15, 0.2) is 53.4 Å². The van der Waals surface area contributed by atoms with Crippen LogP contribution in [0.5, 0.6) is 0 Å². The quantitative estimate of drug-likeness (QED) is 0.749. The fourth-order valence-electron chi connectivity index (χ4n) is 3.28. The van der Waals surface area contributed by atoms with Crippen molar-refractivity contribution in [1.82, 2.24) is 4.72 Å². The van der Waals surface area contributed by atoms with Gasteiger partial charge in [-0.2, -0.15) is 0 Å². The number of nitrogens with one attached hydrogen (secondary N) is 2. The van der Waals surface area contributed by atoms with Crippen LogP contribution in [0.1, 0.15) is 36.5 Å². The van der Waals surface area contributed by atoms with Crippen LogP contribution >= 0.6 is 0 Å². The maximum absolute atomic E-state index is 12.3. The van der Waals surface area contributed by atoms with Gasteiger partial charge in [0, 0.05) is 18.3 Å². The molecule has 0 radical (unpaired) electrons. The van der Waals surface area contributed by atoms with Gasteiger partial charge in [0.15, 0.2) is 0 Å². The molecule has 1 aliphatic carbocycles. The van der Waals surface area contributed by atoms with Crippen molar-refractivity contribution in [2.24, 2.45) is 0 Å². The number of rotatable bonds is 6. The molecule has 2 aromatic carbocycles. The highest BCUT2D eigenvalue weighted by Gasteiger charge is 2.14. The number of carbonyl (C=O) groups is 1. The minimum absolute atomic E-state index is 0.196. The smallest absolute Gasteiger partial charge is 0.248 e. The van der Waals surface area contributed by atoms with E-state index in [1.807, 2.05) is 12.1 Å². The molecule has 5 nitrogen and oxygen atoms in total. The first-order valence-corrected chi connectivity index (χ1v) is 10.7. The largest absolute Gasteiger partial charge is 0.322 e. The minimum Gasteiger partial charge on any atom is -0.322 e. The van der Waals surface area contributed by atoms with E-state index in [0.29, 0.717) is 6.54 Å². The minimum atomic E-state index is -3.46. The zero-order valence-corrected chi connectivity index (χ0v) is 16.2. The molecule has 0 fully saturated rings. The van der Waals surface area contributed by atoms with Crippen molar-refractivity contribution in [3.05, 3.63) is 65.2 Å². The van der Waals surface area contributed by atoms with Crippen molar-refractivity contribution < 1.29 is 13.2 Å². The van der Waals surface area contributed by atoms with E-state index in [-0.39, 0.29) is 10.8 Å². The molecule has 0 aliphatic heterocycles. The number of aryl methyl sites for hydroxylation is 1. The SMILES string of the molecule is CCNS(=O)(=O)c1ccc(/C=C/C(=O)Nc2cccc3c2CCCC3)cc1. The summed E-state index contributed by atoms with van der Waals surface area (Å²) in [5.41, 5.74) is 4.20. The zero-order valence-electron chi connectivity index (χ0n) is 15.4. The van der Waals surface area contributed by atoms with Gasteiger partial charge in [0.1, 0.15) is 0 Å². The Labute approximate surface area is 160 Å². The first-order valence-electron chi connectivity index (χ1n) is 9.19. The molecule has 0 spiro atoms. The summed E-state index contributed by atoms with van der Waals surface area (Å²) in [6.45, 7) is 2.07. The third kappa shape index (κ3) is 4.84. The van der Waals surface area contributed by atoms with Crippen LogP contribution in [-0.4, -0.2) is 20.9 Å². The number of sulfonamides is 1. The highest BCUT2D eigenvalue weighted by atomic mass is 32.2. The summed E-state index contributed by atoms with van der Waals surface area (Å²) in [6.07, 6.45) is 7.56. The van der Waals surface area contributed by atoms with Crippen molar-refractivity contribution >= 4 is 27.7 Å². The molecule has 0 saturated heterocycles. The van der Waals surface area contributed by atoms with E-state index in [9.17, 15) is 13.2 Å². The van der Waals surface area contributed by atoms with Crippen molar-refractivity contribution in [3.8, 4) is 0 Å². The standard InChI is InChI=1S/C21H24N2O3S/c1-2-22-27(25,26)18-13-10-16(11-14-18)12-15-21(24)23-20-9-5-7-17-6-3-4-8-19(17)20/h5,7,9-15,22H,2-4,6,8H2,1H3,(H,23,24)/b15-12+. The molecule has 0 heterocycles. The monoisotopic (exact) mass is 384 g/mol. The van der Waals surface area contributed by atoms with Crippen molar-refractivity contribution in [2.45, 2.75) is 37.5 Å². The second-order valence-electron chi connectivity index (χ2n) is 6.54. The molecule has 27 heavy (non-hydrogen) atoms. The molecule has 1 aliphatic rings. The van der Waals surface area contributed by atoms with E-state index >= 15 is 0 Å². The van der Waals surface area contributed by atoms with Gasteiger partial charge in [-0.25, -0.2) is 13.1 Å². The van der Waals surface area contributed by atoms with Gasteiger partial charge >= 0.3 is 0 Å². The number of benzene rings is 2. The van der Waals surface area contributed by atoms with E-state index in [4.69, 9.17) is 0 Å². The van der Waals surface area contributed by atoms with Gasteiger partial charge in [0.2, 0.25) is 15.9 Å². The van der Waals surface area contributed by atoms with Crippen LogP contribution in [-0.2, 0) is 27.7 Å². The summed E-state index contributed by atoms with van der Waals surface area (Å²) in [4.78, 5) is 12.5. The predicted molar refractivity (Wildman–Crippen MR) is 108 cm³/mol. The molecule has 0 bridgehead atoms. The third-order valence-electron chi connectivity index (χ3n) is 4.61. The molecule has 0 saturated carbocycles. The molecule has 0 aromatic heterocycles. The summed E-state index contributed by atoms with van der Waals surface area (Å²) in [7, 11) is -3.46. The van der Waals surface area contributed by atoms with Gasteiger partial charge in [0.05, 0.1) is 4.90 Å². The Balaban J connectivity index is 1.67. The average Bonchev–Trinajstić information content (AvgIpc) is 2.67. The Kier molecular flexibility index (Phi) is 6.08. The lowest BCUT2D eigenvalue weighted by molar-refractivity contribution is -0.111. The molecule has 3 rings (SSSR count). The van der Waals surface area contributed by atoms with Crippen molar-refractivity contribution in [2.75, 3.05) is 11.9 Å². The van der Waals surface area contributed by atoms with Gasteiger partial charge in [-0.15, -0.1) is 0 Å². The van der Waals surface area contributed by atoms with E-state index in [2.05, 4.69) is 16.1 Å². The number of hydrogen-bond donors (Lipinski definition) is 2. The number of fused-ring (bicyclic) bond motifs is 1. The number of anilines is 1. The predicted octanol–water partition coefficient (Wildman–Crippen LogP) is 3.52. The number of hydrogen-bond acceptors (Lipinski definition) is 3. The summed E-state index contributed by atoms with van der Waals surface area (Å²) in [5, 5.41) is 2.96. The lowest BCUT2D eigenvalue weighted by atomic mass is 9.90. The van der Waals surface area contributed by atoms with E-state index in [0.717, 1.165) is 30.5 Å². The Morgan fingerprint density at radius 2 is 1.81 bits per heavy atom. The molecule has 6 heteroatoms. The Hall–Kier alpha value is -2.44. The lowest BCUT2D eigenvalue weighted by Gasteiger charge is -2.19. The van der Waals surface area contributed by atoms with Crippen LogP contribution in [0.3, 0.4) is 0 Å². The Morgan fingerprint density at radius 3 is 2.56 bits per heavy atom. The fourth-order valence-corrected chi connectivity index (χ4v) is 4.32. The van der Waals surface area contributed by atoms with E-state index in [1.54, 1.807) is 25.1 Å². The second kappa shape index (κ2) is 8.50. The Bertz CT molecular complexity index is 948. The Morgan fingerprint density at radius 1 is 1.07 bits per heavy atom. The third-order valence-corrected chi connectivity index (χ3v) is 6.17. The van der Waals surface area contributed by atoms with Crippen molar-refractivity contribution in [1.29, 1.82) is 0 Å². The molecule has 2 N–H and O–H groups in total. The molecule has 142 valence electrons. The van der Waals surface area contributed by atoms with E-state index in [1.165, 1.54) is 35.8 Å². The first kappa shape index (κ1) is 19.3. The highest BCUT2D eigenvalue weighted by molar-refractivity contribution is 7.89. The normalized spacial score (nSPS) is 14.1. The highest BCUT2D eigenvalue weighted by Crippen LogP contribution is 2.27. The molecular formula is C21H24N2O3S. The molecule has 2 aromatic rings. The molecular weight excluding hydrogens is 360 g/mol. The summed E-state index contributed by atoms with van der Waals surface area (Å²) < 4.78 is 26.3. The maximum Gasteiger partial charge on any atom is 0.248 e. The summed E-state index contributed by atoms with van der Waals surface area (Å²) in [6, 6.07) is 12.5. The average molecular weight is 385 g/mol. The van der Waals surface area contributed by atoms with Crippen LogP contribution in [0.4, 0.5) is 5.69 Å². The zero-order chi connectivity index (χ0) is 19.3. The second-order valence-corrected chi connectivity index (χ2v) is 8.31. The van der Waals surface area contributed by atoms with Gasteiger partial charge in [-0.1, -0.05) is 31.2 Å². The van der Waals surface area contributed by atoms with Gasteiger partial charge < -0.3 is 5.32 Å². The maximum atomic E-state index is 12.3. The fraction of sp³-hybridized carbons (Fsp3) is 0.286. The number of carbonyl (C=O) groups excluding carboxylic acids is 1.